The lowest BCUT2D eigenvalue weighted by molar-refractivity contribution is 0.517. The SMILES string of the molecule is NNC(Cc1cccc(F)c1)Cc1cccc(F)c1Br. The molecule has 2 rings (SSSR count). The van der Waals surface area contributed by atoms with Gasteiger partial charge in [-0.15, -0.1) is 0 Å². The van der Waals surface area contributed by atoms with Crippen LogP contribution in [0.15, 0.2) is 46.9 Å². The van der Waals surface area contributed by atoms with E-state index in [1.54, 1.807) is 12.1 Å². The quantitative estimate of drug-likeness (QED) is 0.647. The molecule has 0 saturated heterocycles. The Morgan fingerprint density at radius 2 is 1.85 bits per heavy atom. The van der Waals surface area contributed by atoms with Gasteiger partial charge in [0.05, 0.1) is 4.47 Å². The lowest BCUT2D eigenvalue weighted by Gasteiger charge is -2.17. The second kappa shape index (κ2) is 6.92. The third-order valence-corrected chi connectivity index (χ3v) is 3.99. The normalized spacial score (nSPS) is 12.4. The van der Waals surface area contributed by atoms with Crippen molar-refractivity contribution in [2.75, 3.05) is 0 Å². The van der Waals surface area contributed by atoms with E-state index >= 15 is 0 Å². The van der Waals surface area contributed by atoms with Gasteiger partial charge in [0.2, 0.25) is 0 Å². The molecule has 106 valence electrons. The lowest BCUT2D eigenvalue weighted by Crippen LogP contribution is -2.38. The van der Waals surface area contributed by atoms with Gasteiger partial charge < -0.3 is 0 Å². The van der Waals surface area contributed by atoms with Crippen LogP contribution in [-0.4, -0.2) is 6.04 Å². The van der Waals surface area contributed by atoms with Gasteiger partial charge in [-0.2, -0.15) is 0 Å². The molecule has 0 heterocycles. The van der Waals surface area contributed by atoms with Crippen LogP contribution in [0.4, 0.5) is 8.78 Å². The summed E-state index contributed by atoms with van der Waals surface area (Å²) < 4.78 is 27.1. The molecule has 0 saturated carbocycles. The van der Waals surface area contributed by atoms with E-state index in [0.29, 0.717) is 17.3 Å². The van der Waals surface area contributed by atoms with Crippen molar-refractivity contribution in [1.82, 2.24) is 5.43 Å². The summed E-state index contributed by atoms with van der Waals surface area (Å²) in [5, 5.41) is 0. The molecule has 0 aliphatic carbocycles. The third kappa shape index (κ3) is 3.85. The van der Waals surface area contributed by atoms with E-state index in [1.165, 1.54) is 18.2 Å². The lowest BCUT2D eigenvalue weighted by atomic mass is 9.99. The summed E-state index contributed by atoms with van der Waals surface area (Å²) in [6.45, 7) is 0. The molecule has 1 unspecified atom stereocenters. The molecule has 2 aromatic carbocycles. The van der Waals surface area contributed by atoms with Gasteiger partial charge in [0.15, 0.2) is 0 Å². The molecule has 0 aliphatic heterocycles. The van der Waals surface area contributed by atoms with Gasteiger partial charge in [0, 0.05) is 6.04 Å². The van der Waals surface area contributed by atoms with E-state index in [4.69, 9.17) is 5.84 Å². The molecule has 2 nitrogen and oxygen atoms in total. The highest BCUT2D eigenvalue weighted by atomic mass is 79.9. The third-order valence-electron chi connectivity index (χ3n) is 3.10. The maximum Gasteiger partial charge on any atom is 0.137 e. The van der Waals surface area contributed by atoms with Crippen LogP contribution in [0.2, 0.25) is 0 Å². The summed E-state index contributed by atoms with van der Waals surface area (Å²) in [4.78, 5) is 0. The number of halogens is 3. The molecule has 0 aliphatic rings. The fourth-order valence-electron chi connectivity index (χ4n) is 2.11. The van der Waals surface area contributed by atoms with Crippen molar-refractivity contribution in [1.29, 1.82) is 0 Å². The number of hydrogen-bond acceptors (Lipinski definition) is 2. The van der Waals surface area contributed by atoms with Gasteiger partial charge in [-0.1, -0.05) is 24.3 Å². The molecule has 0 spiro atoms. The highest BCUT2D eigenvalue weighted by molar-refractivity contribution is 9.10. The minimum absolute atomic E-state index is 0.102. The fraction of sp³-hybridized carbons (Fsp3) is 0.200. The predicted octanol–water partition coefficient (Wildman–Crippen LogP) is 3.34. The van der Waals surface area contributed by atoms with Crippen LogP contribution in [0.3, 0.4) is 0 Å². The van der Waals surface area contributed by atoms with Crippen LogP contribution in [0.25, 0.3) is 0 Å². The van der Waals surface area contributed by atoms with Gasteiger partial charge in [-0.05, 0) is 58.1 Å². The first kappa shape index (κ1) is 15.1. The minimum atomic E-state index is -0.302. The van der Waals surface area contributed by atoms with Crippen molar-refractivity contribution in [2.45, 2.75) is 18.9 Å². The van der Waals surface area contributed by atoms with Crippen LogP contribution in [0.5, 0.6) is 0 Å². The fourth-order valence-corrected chi connectivity index (χ4v) is 2.54. The second-order valence-electron chi connectivity index (χ2n) is 4.61. The molecule has 5 heteroatoms. The molecule has 0 radical (unpaired) electrons. The van der Waals surface area contributed by atoms with Crippen molar-refractivity contribution in [2.24, 2.45) is 5.84 Å². The monoisotopic (exact) mass is 340 g/mol. The molecule has 3 N–H and O–H groups in total. The number of nitrogens with one attached hydrogen (secondary N) is 1. The van der Waals surface area contributed by atoms with Crippen LogP contribution in [0, 0.1) is 11.6 Å². The molecule has 20 heavy (non-hydrogen) atoms. The van der Waals surface area contributed by atoms with Gasteiger partial charge in [0.1, 0.15) is 11.6 Å². The summed E-state index contributed by atoms with van der Waals surface area (Å²) in [6.07, 6.45) is 1.11. The van der Waals surface area contributed by atoms with Crippen molar-refractivity contribution in [3.63, 3.8) is 0 Å². The summed E-state index contributed by atoms with van der Waals surface area (Å²) in [7, 11) is 0. The Hall–Kier alpha value is -1.30. The Kier molecular flexibility index (Phi) is 5.23. The summed E-state index contributed by atoms with van der Waals surface area (Å²) in [5.41, 5.74) is 4.37. The topological polar surface area (TPSA) is 38.0 Å². The second-order valence-corrected chi connectivity index (χ2v) is 5.41. The minimum Gasteiger partial charge on any atom is -0.271 e. The Morgan fingerprint density at radius 3 is 2.55 bits per heavy atom. The summed E-state index contributed by atoms with van der Waals surface area (Å²) in [6, 6.07) is 11.2. The number of hydrazine groups is 1. The largest absolute Gasteiger partial charge is 0.271 e. The summed E-state index contributed by atoms with van der Waals surface area (Å²) in [5.74, 6) is 4.97. The van der Waals surface area contributed by atoms with Crippen LogP contribution < -0.4 is 11.3 Å². The zero-order valence-corrected chi connectivity index (χ0v) is 12.3. The highest BCUT2D eigenvalue weighted by Gasteiger charge is 2.13. The van der Waals surface area contributed by atoms with E-state index in [0.717, 1.165) is 11.1 Å². The predicted molar refractivity (Wildman–Crippen MR) is 79.0 cm³/mol. The number of nitrogens with two attached hydrogens (primary N) is 1. The van der Waals surface area contributed by atoms with Crippen LogP contribution >= 0.6 is 15.9 Å². The van der Waals surface area contributed by atoms with E-state index in [2.05, 4.69) is 21.4 Å². The first-order chi connectivity index (χ1) is 9.60. The van der Waals surface area contributed by atoms with Gasteiger partial charge >= 0.3 is 0 Å². The standard InChI is InChI=1S/C15H15BrF2N2/c16-15-11(4-2-6-14(15)18)9-13(20-19)8-10-3-1-5-12(17)7-10/h1-7,13,20H,8-9,19H2. The van der Waals surface area contributed by atoms with Gasteiger partial charge in [-0.25, -0.2) is 8.78 Å². The van der Waals surface area contributed by atoms with Gasteiger partial charge in [0.25, 0.3) is 0 Å². The summed E-state index contributed by atoms with van der Waals surface area (Å²) >= 11 is 3.23. The molecular weight excluding hydrogens is 326 g/mol. The molecule has 0 amide bonds. The highest BCUT2D eigenvalue weighted by Crippen LogP contribution is 2.22. The van der Waals surface area contributed by atoms with E-state index < -0.39 is 0 Å². The van der Waals surface area contributed by atoms with Crippen molar-refractivity contribution >= 4 is 15.9 Å². The average molecular weight is 341 g/mol. The molecule has 0 aromatic heterocycles. The molecule has 0 fully saturated rings. The van der Waals surface area contributed by atoms with Crippen molar-refractivity contribution in [3.05, 3.63) is 69.7 Å². The Morgan fingerprint density at radius 1 is 1.10 bits per heavy atom. The number of rotatable bonds is 5. The average Bonchev–Trinajstić information content (AvgIpc) is 2.43. The maximum atomic E-state index is 13.5. The van der Waals surface area contributed by atoms with E-state index in [9.17, 15) is 8.78 Å². The van der Waals surface area contributed by atoms with E-state index in [1.807, 2.05) is 12.1 Å². The molecule has 1 atom stereocenters. The van der Waals surface area contributed by atoms with Crippen molar-refractivity contribution < 1.29 is 8.78 Å². The van der Waals surface area contributed by atoms with Crippen LogP contribution in [0.1, 0.15) is 11.1 Å². The Labute approximate surface area is 125 Å². The van der Waals surface area contributed by atoms with Crippen LogP contribution in [-0.2, 0) is 12.8 Å². The Bertz CT molecular complexity index is 590. The van der Waals surface area contributed by atoms with Crippen molar-refractivity contribution in [3.8, 4) is 0 Å². The smallest absolute Gasteiger partial charge is 0.137 e. The Balaban J connectivity index is 2.11. The molecule has 2 aromatic rings. The molecule has 0 bridgehead atoms. The zero-order chi connectivity index (χ0) is 14.5. The molecular formula is C15H15BrF2N2. The first-order valence-corrected chi connectivity index (χ1v) is 7.03. The maximum absolute atomic E-state index is 13.5. The zero-order valence-electron chi connectivity index (χ0n) is 10.7. The van der Waals surface area contributed by atoms with Gasteiger partial charge in [-0.3, -0.25) is 11.3 Å². The number of benzene rings is 2. The number of hydrogen-bond donors (Lipinski definition) is 2. The van der Waals surface area contributed by atoms with E-state index in [-0.39, 0.29) is 17.7 Å². The first-order valence-electron chi connectivity index (χ1n) is 6.23.